The average Bonchev–Trinajstić information content (AvgIpc) is 3.48. The van der Waals surface area contributed by atoms with Crippen molar-refractivity contribution < 1.29 is 14.3 Å². The summed E-state index contributed by atoms with van der Waals surface area (Å²) in [5.74, 6) is 0.819. The number of rotatable bonds is 18. The van der Waals surface area contributed by atoms with Gasteiger partial charge in [-0.2, -0.15) is 0 Å². The average molecular weight is 995 g/mol. The van der Waals surface area contributed by atoms with Gasteiger partial charge in [-0.25, -0.2) is 0 Å². The van der Waals surface area contributed by atoms with Gasteiger partial charge in [0.25, 0.3) is 0 Å². The van der Waals surface area contributed by atoms with Gasteiger partial charge in [-0.05, 0) is 23.3 Å². The van der Waals surface area contributed by atoms with Crippen molar-refractivity contribution in [3.8, 4) is 5.75 Å². The quantitative estimate of drug-likeness (QED) is 0.103. The van der Waals surface area contributed by atoms with Crippen LogP contribution in [0.4, 0.5) is 0 Å². The number of nitrogens with zero attached hydrogens (tertiary/aromatic N) is 2. The van der Waals surface area contributed by atoms with Crippen LogP contribution in [0.3, 0.4) is 0 Å². The molecule has 1 aliphatic heterocycles. The van der Waals surface area contributed by atoms with Crippen LogP contribution < -0.4 is 26.4 Å². The molecule has 230 valence electrons. The van der Waals surface area contributed by atoms with Gasteiger partial charge in [0.05, 0.1) is 0 Å². The Hall–Kier alpha value is -1.29. The van der Waals surface area contributed by atoms with Crippen LogP contribution >= 0.6 is 9.24 Å². The number of benzene rings is 2. The number of nitrogens with two attached hydrogens (primary N) is 1. The molecule has 43 heavy (non-hydrogen) atoms. The normalized spacial score (nSPS) is 17.6. The van der Waals surface area contributed by atoms with E-state index in [1.54, 1.807) is 11.1 Å². The molecule has 5 N–H and O–H groups in total. The Labute approximate surface area is 291 Å². The third kappa shape index (κ3) is 12.6. The SMILES string of the molecule is CCCCCNC(=O)C1CC(N/C=C(\N)COc2ccc(C(P)NCc3ccccc3)cc2)CN1C(=O)CN([CH2][Pb])[CH2][Pb]. The first kappa shape index (κ1) is 36.2. The van der Waals surface area contributed by atoms with E-state index in [0.717, 1.165) is 96.9 Å². The summed E-state index contributed by atoms with van der Waals surface area (Å²) in [5.41, 5.74) is 9.19. The Morgan fingerprint density at radius 2 is 1.86 bits per heavy atom. The predicted molar refractivity (Wildman–Crippen MR) is 177 cm³/mol. The van der Waals surface area contributed by atoms with Gasteiger partial charge in [0.15, 0.2) is 0 Å². The topological polar surface area (TPSA) is 112 Å². The Bertz CT molecular complexity index is 1150. The molecule has 6 radical (unpaired) electrons. The van der Waals surface area contributed by atoms with Gasteiger partial charge in [-0.3, -0.25) is 0 Å². The second-order valence-electron chi connectivity index (χ2n) is 10.7. The molecule has 0 saturated carbocycles. The maximum atomic E-state index is 13.2. The first-order chi connectivity index (χ1) is 20.8. The van der Waals surface area contributed by atoms with E-state index >= 15 is 0 Å². The summed E-state index contributed by atoms with van der Waals surface area (Å²) in [6.45, 7) is 4.66. The Kier molecular flexibility index (Phi) is 16.8. The fraction of sp³-hybridized carbons (Fsp3) is 0.484. The molecule has 2 aromatic carbocycles. The zero-order valence-corrected chi connectivity index (χ0v) is 34.0. The van der Waals surface area contributed by atoms with Crippen molar-refractivity contribution >= 4 is 72.6 Å². The van der Waals surface area contributed by atoms with E-state index in [-0.39, 0.29) is 30.2 Å². The number of unbranched alkanes of at least 4 members (excludes halogenated alkanes) is 2. The molecule has 4 atom stereocenters. The van der Waals surface area contributed by atoms with E-state index in [9.17, 15) is 9.59 Å². The number of likely N-dealkylation sites (tertiary alicyclic amines) is 1. The van der Waals surface area contributed by atoms with Gasteiger partial charge >= 0.3 is 188 Å². The van der Waals surface area contributed by atoms with E-state index in [1.165, 1.54) is 5.56 Å². The van der Waals surface area contributed by atoms with E-state index in [2.05, 4.69) is 49.1 Å². The van der Waals surface area contributed by atoms with Crippen LogP contribution in [-0.2, 0) is 16.1 Å². The minimum atomic E-state index is -0.469. The molecule has 12 heteroatoms. The third-order valence-corrected chi connectivity index (χ3v) is 11.4. The van der Waals surface area contributed by atoms with E-state index in [4.69, 9.17) is 10.5 Å². The molecule has 1 fully saturated rings. The molecule has 3 rings (SSSR count). The van der Waals surface area contributed by atoms with Crippen molar-refractivity contribution in [1.29, 1.82) is 0 Å². The molecule has 1 heterocycles. The zero-order valence-electron chi connectivity index (χ0n) is 25.1. The third-order valence-electron chi connectivity index (χ3n) is 7.33. The summed E-state index contributed by atoms with van der Waals surface area (Å²) in [6.07, 6.45) is 5.42. The van der Waals surface area contributed by atoms with E-state index in [1.807, 2.05) is 42.5 Å². The molecule has 0 aromatic heterocycles. The number of nitrogens with one attached hydrogen (secondary N) is 3. The second-order valence-corrected chi connectivity index (χ2v) is 13.9. The van der Waals surface area contributed by atoms with Crippen molar-refractivity contribution in [1.82, 2.24) is 25.8 Å². The summed E-state index contributed by atoms with van der Waals surface area (Å²) in [6, 6.07) is 17.8. The molecule has 0 spiro atoms. The molecular weight excluding hydrogens is 950 g/mol. The number of carbonyl (C=O) groups excluding carboxylic acids is 2. The van der Waals surface area contributed by atoms with Gasteiger partial charge < -0.3 is 5.32 Å². The van der Waals surface area contributed by atoms with E-state index in [0.29, 0.717) is 31.8 Å². The number of carbonyl (C=O) groups is 2. The van der Waals surface area contributed by atoms with Gasteiger partial charge in [0, 0.05) is 12.3 Å². The predicted octanol–water partition coefficient (Wildman–Crippen LogP) is 1.95. The molecule has 1 saturated heterocycles. The van der Waals surface area contributed by atoms with Gasteiger partial charge in [0.1, 0.15) is 5.75 Å². The fourth-order valence-corrected chi connectivity index (χ4v) is 10.2. The van der Waals surface area contributed by atoms with Crippen molar-refractivity contribution in [3.05, 3.63) is 77.6 Å². The van der Waals surface area contributed by atoms with Crippen LogP contribution in [0.25, 0.3) is 0 Å². The number of ether oxygens (including phenoxy) is 1. The molecule has 1 aliphatic rings. The number of hydrogen-bond donors (Lipinski definition) is 4. The molecular formula is C31H45N6O3PPb2. The summed E-state index contributed by atoms with van der Waals surface area (Å²) in [7, 11) is 2.84. The number of hydrogen-bond acceptors (Lipinski definition) is 7. The van der Waals surface area contributed by atoms with Crippen molar-refractivity contribution in [2.45, 2.75) is 57.0 Å². The Morgan fingerprint density at radius 1 is 1.14 bits per heavy atom. The maximum absolute atomic E-state index is 13.2. The van der Waals surface area contributed by atoms with Crippen LogP contribution in [0, 0.1) is 0 Å². The van der Waals surface area contributed by atoms with Gasteiger partial charge in [-0.1, -0.05) is 49.4 Å². The minimum absolute atomic E-state index is 0.0245. The van der Waals surface area contributed by atoms with E-state index < -0.39 is 6.04 Å². The van der Waals surface area contributed by atoms with Crippen LogP contribution in [-0.4, -0.2) is 120 Å². The second kappa shape index (κ2) is 20.0. The first-order valence-corrected chi connectivity index (χ1v) is 21.1. The van der Waals surface area contributed by atoms with Crippen molar-refractivity contribution in [2.24, 2.45) is 5.73 Å². The molecule has 0 bridgehead atoms. The van der Waals surface area contributed by atoms with Crippen LogP contribution in [0.15, 0.2) is 66.5 Å². The van der Waals surface area contributed by atoms with Crippen molar-refractivity contribution in [3.63, 3.8) is 0 Å². The van der Waals surface area contributed by atoms with Crippen LogP contribution in [0.2, 0.25) is 0 Å². The number of amides is 2. The molecule has 0 aliphatic carbocycles. The first-order valence-electron chi connectivity index (χ1n) is 14.9. The van der Waals surface area contributed by atoms with Gasteiger partial charge in [0.2, 0.25) is 0 Å². The standard InChI is InChI=1S/C31H45N6O3P.2Pb/c1-4-5-9-16-33-30(39)28-17-26(20-37(28)29(38)21-36(2)3)34-19-25(32)22-40-27-14-12-24(13-15-27)31(41)35-18-23-10-7-6-8-11-23;;/h6-8,10-15,19,26,28,31,34-35H,2-5,9,16-18,20-22,32,41H2,1H3,(H,33,39);;/b25-19-;;. The molecule has 9 nitrogen and oxygen atoms in total. The van der Waals surface area contributed by atoms with Crippen molar-refractivity contribution in [2.75, 3.05) is 34.4 Å². The monoisotopic (exact) mass is 996 g/mol. The summed E-state index contributed by atoms with van der Waals surface area (Å²) < 4.78 is 7.83. The zero-order chi connectivity index (χ0) is 31.0. The van der Waals surface area contributed by atoms with Crippen LogP contribution in [0.1, 0.15) is 49.5 Å². The summed E-state index contributed by atoms with van der Waals surface area (Å²) >= 11 is 2.05. The Balaban J connectivity index is 1.50. The van der Waals surface area contributed by atoms with Crippen LogP contribution in [0.5, 0.6) is 5.75 Å². The summed E-state index contributed by atoms with van der Waals surface area (Å²) in [5, 5.41) is 9.91. The molecule has 4 unspecified atom stereocenters. The summed E-state index contributed by atoms with van der Waals surface area (Å²) in [4.78, 5) is 30.2. The Morgan fingerprint density at radius 3 is 2.53 bits per heavy atom. The van der Waals surface area contributed by atoms with Gasteiger partial charge in [-0.15, -0.1) is 9.24 Å². The fourth-order valence-electron chi connectivity index (χ4n) is 4.78. The molecule has 2 aromatic rings. The molecule has 2 amide bonds.